The maximum absolute atomic E-state index is 13.3. The summed E-state index contributed by atoms with van der Waals surface area (Å²) in [7, 11) is 0. The van der Waals surface area contributed by atoms with Crippen LogP contribution in [0.15, 0.2) is 83.4 Å². The third-order valence-corrected chi connectivity index (χ3v) is 9.87. The molecule has 6 heterocycles. The second-order valence-corrected chi connectivity index (χ2v) is 13.2. The lowest BCUT2D eigenvalue weighted by Crippen LogP contribution is -2.10. The molecule has 14 heteroatoms. The number of carbonyl (C=O) groups is 1. The second kappa shape index (κ2) is 14.6. The van der Waals surface area contributed by atoms with Crippen molar-refractivity contribution in [1.82, 2.24) is 39.0 Å². The Kier molecular flexibility index (Phi) is 9.83. The Balaban J connectivity index is 0.000000157. The maximum Gasteiger partial charge on any atom is 0.187 e. The van der Waals surface area contributed by atoms with Gasteiger partial charge in [0.25, 0.3) is 0 Å². The number of carbonyl (C=O) groups excluding carboxylic acids is 1. The Hall–Kier alpha value is -4.79. The van der Waals surface area contributed by atoms with E-state index >= 15 is 0 Å². The van der Waals surface area contributed by atoms with E-state index in [0.717, 1.165) is 77.5 Å². The van der Waals surface area contributed by atoms with Crippen molar-refractivity contribution in [1.29, 1.82) is 0 Å². The van der Waals surface area contributed by atoms with Gasteiger partial charge in [0.15, 0.2) is 10.3 Å². The molecule has 1 N–H and O–H groups in total. The van der Waals surface area contributed by atoms with Crippen molar-refractivity contribution < 1.29 is 18.7 Å². The average Bonchev–Trinajstić information content (AvgIpc) is 3.93. The van der Waals surface area contributed by atoms with Crippen molar-refractivity contribution in [2.75, 3.05) is 19.1 Å². The lowest BCUT2D eigenvalue weighted by molar-refractivity contribution is -0.110. The molecule has 0 fully saturated rings. The fourth-order valence-corrected chi connectivity index (χ4v) is 7.16. The van der Waals surface area contributed by atoms with E-state index in [1.54, 1.807) is 36.7 Å². The number of halogens is 2. The van der Waals surface area contributed by atoms with E-state index in [2.05, 4.69) is 24.5 Å². The number of hydrogen-bond acceptors (Lipinski definition) is 10. The molecule has 254 valence electrons. The standard InChI is InChI=1S/C18H17FN4OS.C18H15FN4OS/c2*1-25-18-20-9-8-14(21-18)17-16(11-2-4-12(19)5-3-11)22-15-7-6-13(10-24)23(15)17/h2-5,8-9,13,24H,6-7,10H2,1H3;2-5,8-10,13H,6-7H2,1H3/t2*13-/m00/s1. The van der Waals surface area contributed by atoms with Gasteiger partial charge >= 0.3 is 0 Å². The Labute approximate surface area is 295 Å². The van der Waals surface area contributed by atoms with E-state index in [1.807, 2.05) is 29.2 Å². The van der Waals surface area contributed by atoms with Crippen LogP contribution >= 0.6 is 23.5 Å². The topological polar surface area (TPSA) is 124 Å². The molecule has 0 amide bonds. The first-order valence-electron chi connectivity index (χ1n) is 16.0. The van der Waals surface area contributed by atoms with Gasteiger partial charge in [0.1, 0.15) is 29.6 Å². The number of aliphatic hydroxyl groups excluding tert-OH is 1. The van der Waals surface area contributed by atoms with Gasteiger partial charge in [-0.25, -0.2) is 38.7 Å². The minimum atomic E-state index is -0.297. The molecular formula is C36H32F2N8O2S2. The summed E-state index contributed by atoms with van der Waals surface area (Å²) in [4.78, 5) is 38.7. The highest BCUT2D eigenvalue weighted by atomic mass is 32.2. The molecule has 0 radical (unpaired) electrons. The Bertz CT molecular complexity index is 2160. The number of fused-ring (bicyclic) bond motifs is 2. The van der Waals surface area contributed by atoms with Gasteiger partial charge in [-0.15, -0.1) is 0 Å². The van der Waals surface area contributed by atoms with Crippen LogP contribution in [-0.2, 0) is 17.6 Å². The van der Waals surface area contributed by atoms with E-state index in [1.165, 1.54) is 47.8 Å². The Morgan fingerprint density at radius 3 is 1.68 bits per heavy atom. The van der Waals surface area contributed by atoms with Gasteiger partial charge in [0.2, 0.25) is 0 Å². The summed E-state index contributed by atoms with van der Waals surface area (Å²) in [5.41, 5.74) is 6.23. The number of aromatic nitrogens is 8. The maximum atomic E-state index is 13.3. The van der Waals surface area contributed by atoms with Crippen LogP contribution in [0.2, 0.25) is 0 Å². The molecule has 0 aliphatic carbocycles. The predicted molar refractivity (Wildman–Crippen MR) is 189 cm³/mol. The number of thioether (sulfide) groups is 2. The average molecular weight is 711 g/mol. The Morgan fingerprint density at radius 1 is 0.720 bits per heavy atom. The second-order valence-electron chi connectivity index (χ2n) is 11.7. The summed E-state index contributed by atoms with van der Waals surface area (Å²) in [6.07, 6.45) is 11.4. The lowest BCUT2D eigenvalue weighted by atomic mass is 10.1. The van der Waals surface area contributed by atoms with Gasteiger partial charge < -0.3 is 19.0 Å². The number of imidazole rings is 2. The normalized spacial score (nSPS) is 16.1. The van der Waals surface area contributed by atoms with Crippen LogP contribution in [0.4, 0.5) is 8.78 Å². The molecule has 2 atom stereocenters. The molecule has 8 rings (SSSR count). The third kappa shape index (κ3) is 6.45. The van der Waals surface area contributed by atoms with Gasteiger partial charge in [-0.2, -0.15) is 0 Å². The van der Waals surface area contributed by atoms with Crippen molar-refractivity contribution in [3.63, 3.8) is 0 Å². The molecule has 0 unspecified atom stereocenters. The molecule has 0 spiro atoms. The van der Waals surface area contributed by atoms with Crippen molar-refractivity contribution in [3.8, 4) is 45.3 Å². The zero-order valence-electron chi connectivity index (χ0n) is 27.2. The van der Waals surface area contributed by atoms with Crippen LogP contribution < -0.4 is 0 Å². The van der Waals surface area contributed by atoms with E-state index in [9.17, 15) is 18.7 Å². The van der Waals surface area contributed by atoms with Crippen molar-refractivity contribution >= 4 is 29.8 Å². The fourth-order valence-electron chi connectivity index (χ4n) is 6.44. The minimum absolute atomic E-state index is 0.0145. The summed E-state index contributed by atoms with van der Waals surface area (Å²) in [5, 5.41) is 11.1. The van der Waals surface area contributed by atoms with Crippen molar-refractivity contribution in [2.24, 2.45) is 0 Å². The van der Waals surface area contributed by atoms with Crippen LogP contribution in [-0.4, -0.2) is 69.5 Å². The van der Waals surface area contributed by atoms with Crippen molar-refractivity contribution in [2.45, 2.75) is 48.1 Å². The summed E-state index contributed by atoms with van der Waals surface area (Å²) >= 11 is 2.93. The monoisotopic (exact) mass is 710 g/mol. The summed E-state index contributed by atoms with van der Waals surface area (Å²) in [6.45, 7) is 0.0552. The van der Waals surface area contributed by atoms with Gasteiger partial charge in [0, 0.05) is 36.4 Å². The number of aryl methyl sites for hydroxylation is 2. The van der Waals surface area contributed by atoms with Gasteiger partial charge in [0.05, 0.1) is 52.9 Å². The summed E-state index contributed by atoms with van der Waals surface area (Å²) in [6, 6.07) is 15.9. The molecule has 6 aromatic rings. The van der Waals surface area contributed by atoms with Gasteiger partial charge in [-0.1, -0.05) is 23.5 Å². The molecule has 0 saturated heterocycles. The molecule has 2 aliphatic heterocycles. The molecule has 2 aromatic carbocycles. The lowest BCUT2D eigenvalue weighted by Gasteiger charge is -2.15. The molecule has 2 aliphatic rings. The number of aliphatic hydroxyl groups is 1. The number of benzene rings is 2. The fraction of sp³-hybridized carbons (Fsp3) is 0.250. The molecule has 0 saturated carbocycles. The highest BCUT2D eigenvalue weighted by molar-refractivity contribution is 7.98. The predicted octanol–water partition coefficient (Wildman–Crippen LogP) is 6.90. The molecule has 0 bridgehead atoms. The zero-order chi connectivity index (χ0) is 34.8. The van der Waals surface area contributed by atoms with E-state index in [4.69, 9.17) is 9.97 Å². The molecule has 50 heavy (non-hydrogen) atoms. The number of hydrogen-bond donors (Lipinski definition) is 1. The smallest absolute Gasteiger partial charge is 0.187 e. The van der Waals surface area contributed by atoms with Gasteiger partial charge in [-0.05, 0) is 86.0 Å². The molecular weight excluding hydrogens is 679 g/mol. The Morgan fingerprint density at radius 2 is 1.20 bits per heavy atom. The first-order chi connectivity index (χ1) is 24.4. The quantitative estimate of drug-likeness (QED) is 0.101. The number of aldehydes is 1. The van der Waals surface area contributed by atoms with Crippen LogP contribution in [0.1, 0.15) is 36.6 Å². The van der Waals surface area contributed by atoms with Crippen molar-refractivity contribution in [3.05, 3.63) is 96.3 Å². The number of rotatable bonds is 8. The van der Waals surface area contributed by atoms with Crippen LogP contribution in [0.25, 0.3) is 45.3 Å². The largest absolute Gasteiger partial charge is 0.394 e. The van der Waals surface area contributed by atoms with E-state index in [-0.39, 0.29) is 30.3 Å². The van der Waals surface area contributed by atoms with E-state index < -0.39 is 0 Å². The first-order valence-corrected chi connectivity index (χ1v) is 18.4. The highest BCUT2D eigenvalue weighted by Gasteiger charge is 2.32. The molecule has 10 nitrogen and oxygen atoms in total. The van der Waals surface area contributed by atoms with Crippen LogP contribution in [0, 0.1) is 11.6 Å². The summed E-state index contributed by atoms with van der Waals surface area (Å²) < 4.78 is 30.7. The zero-order valence-corrected chi connectivity index (χ0v) is 28.8. The van der Waals surface area contributed by atoms with Gasteiger partial charge in [-0.3, -0.25) is 0 Å². The highest BCUT2D eigenvalue weighted by Crippen LogP contribution is 2.40. The SMILES string of the molecule is CSc1nccc(-c2c(-c3ccc(F)cc3)nc3n2[C@H](C=O)CC3)n1.CSc1nccc(-c2c(-c3ccc(F)cc3)nc3n2[C@H](CO)CC3)n1. The van der Waals surface area contributed by atoms with Crippen LogP contribution in [0.3, 0.4) is 0 Å². The number of nitrogens with zero attached hydrogens (tertiary/aromatic N) is 8. The summed E-state index contributed by atoms with van der Waals surface area (Å²) in [5.74, 6) is 1.21. The molecule has 4 aromatic heterocycles. The van der Waals surface area contributed by atoms with Crippen LogP contribution in [0.5, 0.6) is 0 Å². The van der Waals surface area contributed by atoms with E-state index in [0.29, 0.717) is 21.7 Å². The first kappa shape index (κ1) is 33.7. The third-order valence-electron chi connectivity index (χ3n) is 8.75. The minimum Gasteiger partial charge on any atom is -0.394 e.